The van der Waals surface area contributed by atoms with Crippen LogP contribution in [0.4, 0.5) is 0 Å². The van der Waals surface area contributed by atoms with Crippen molar-refractivity contribution in [1.82, 2.24) is 15.3 Å². The molecule has 0 saturated carbocycles. The zero-order chi connectivity index (χ0) is 14.5. The molecule has 0 bridgehead atoms. The van der Waals surface area contributed by atoms with Gasteiger partial charge in [0.15, 0.2) is 0 Å². The highest BCUT2D eigenvalue weighted by molar-refractivity contribution is 5.94. The number of rotatable bonds is 4. The Hall–Kier alpha value is -2.76. The van der Waals surface area contributed by atoms with Gasteiger partial charge in [0.25, 0.3) is 5.91 Å². The summed E-state index contributed by atoms with van der Waals surface area (Å²) in [6.07, 6.45) is 3.36. The Morgan fingerprint density at radius 3 is 2.70 bits per heavy atom. The number of carboxylic acids is 1. The van der Waals surface area contributed by atoms with Gasteiger partial charge in [-0.05, 0) is 36.2 Å². The topological polar surface area (TPSA) is 92.2 Å². The van der Waals surface area contributed by atoms with E-state index in [1.165, 1.54) is 18.2 Å². The summed E-state index contributed by atoms with van der Waals surface area (Å²) in [4.78, 5) is 30.5. The maximum atomic E-state index is 11.9. The highest BCUT2D eigenvalue weighted by Gasteiger charge is 2.11. The Morgan fingerprint density at radius 1 is 1.25 bits per heavy atom. The van der Waals surface area contributed by atoms with Crippen LogP contribution in [0.2, 0.25) is 0 Å². The lowest BCUT2D eigenvalue weighted by Crippen LogP contribution is -2.24. The van der Waals surface area contributed by atoms with Crippen LogP contribution in [0.25, 0.3) is 0 Å². The van der Waals surface area contributed by atoms with Crippen molar-refractivity contribution in [3.8, 4) is 0 Å². The lowest BCUT2D eigenvalue weighted by Gasteiger charge is -2.07. The van der Waals surface area contributed by atoms with E-state index in [1.54, 1.807) is 12.4 Å². The minimum absolute atomic E-state index is 0.0754. The molecule has 2 heterocycles. The second-order valence-electron chi connectivity index (χ2n) is 4.20. The smallest absolute Gasteiger partial charge is 0.354 e. The van der Waals surface area contributed by atoms with E-state index in [9.17, 15) is 9.59 Å². The fourth-order valence-electron chi connectivity index (χ4n) is 1.63. The number of amides is 1. The monoisotopic (exact) mass is 271 g/mol. The molecule has 2 rings (SSSR count). The summed E-state index contributed by atoms with van der Waals surface area (Å²) in [5, 5.41) is 11.5. The largest absolute Gasteiger partial charge is 0.477 e. The number of pyridine rings is 2. The lowest BCUT2D eigenvalue weighted by atomic mass is 10.1. The predicted octanol–water partition coefficient (Wildman–Crippen LogP) is 1.41. The molecule has 0 spiro atoms. The molecule has 2 aromatic heterocycles. The van der Waals surface area contributed by atoms with E-state index < -0.39 is 11.9 Å². The van der Waals surface area contributed by atoms with Crippen LogP contribution in [-0.4, -0.2) is 27.0 Å². The van der Waals surface area contributed by atoms with Crippen molar-refractivity contribution < 1.29 is 14.7 Å². The molecule has 0 saturated heterocycles. The van der Waals surface area contributed by atoms with Gasteiger partial charge in [0, 0.05) is 18.9 Å². The minimum Gasteiger partial charge on any atom is -0.477 e. The third kappa shape index (κ3) is 3.17. The third-order valence-corrected chi connectivity index (χ3v) is 2.79. The van der Waals surface area contributed by atoms with Gasteiger partial charge in [-0.25, -0.2) is 9.78 Å². The van der Waals surface area contributed by atoms with E-state index in [4.69, 9.17) is 5.11 Å². The molecule has 0 aliphatic heterocycles. The van der Waals surface area contributed by atoms with Gasteiger partial charge >= 0.3 is 5.97 Å². The first-order valence-corrected chi connectivity index (χ1v) is 5.96. The first kappa shape index (κ1) is 13.7. The Balaban J connectivity index is 2.07. The van der Waals surface area contributed by atoms with Crippen LogP contribution >= 0.6 is 0 Å². The highest BCUT2D eigenvalue weighted by Crippen LogP contribution is 2.05. The van der Waals surface area contributed by atoms with Gasteiger partial charge in [-0.15, -0.1) is 0 Å². The van der Waals surface area contributed by atoms with Crippen molar-refractivity contribution >= 4 is 11.9 Å². The van der Waals surface area contributed by atoms with Crippen LogP contribution in [-0.2, 0) is 6.54 Å². The molecule has 1 amide bonds. The molecule has 2 aromatic rings. The molecule has 0 unspecified atom stereocenters. The zero-order valence-electron chi connectivity index (χ0n) is 10.8. The number of aryl methyl sites for hydroxylation is 1. The molecule has 102 valence electrons. The summed E-state index contributed by atoms with van der Waals surface area (Å²) in [5.41, 5.74) is 1.84. The molecule has 0 fully saturated rings. The predicted molar refractivity (Wildman–Crippen MR) is 71.3 cm³/mol. The molecule has 0 aliphatic carbocycles. The van der Waals surface area contributed by atoms with Crippen molar-refractivity contribution in [1.29, 1.82) is 0 Å². The van der Waals surface area contributed by atoms with E-state index in [1.807, 2.05) is 13.0 Å². The van der Waals surface area contributed by atoms with Crippen LogP contribution in [0.1, 0.15) is 32.1 Å². The van der Waals surface area contributed by atoms with Gasteiger partial charge < -0.3 is 10.4 Å². The number of hydrogen-bond donors (Lipinski definition) is 2. The highest BCUT2D eigenvalue weighted by atomic mass is 16.4. The molecule has 20 heavy (non-hydrogen) atoms. The quantitative estimate of drug-likeness (QED) is 0.877. The third-order valence-electron chi connectivity index (χ3n) is 2.79. The molecule has 0 atom stereocenters. The first-order chi connectivity index (χ1) is 9.58. The number of aromatic nitrogens is 2. The van der Waals surface area contributed by atoms with Gasteiger partial charge in [-0.3, -0.25) is 9.78 Å². The number of aromatic carboxylic acids is 1. The Morgan fingerprint density at radius 2 is 2.00 bits per heavy atom. The molecular weight excluding hydrogens is 258 g/mol. The van der Waals surface area contributed by atoms with E-state index in [-0.39, 0.29) is 11.4 Å². The number of carbonyl (C=O) groups excluding carboxylic acids is 1. The van der Waals surface area contributed by atoms with E-state index in [0.29, 0.717) is 6.54 Å². The van der Waals surface area contributed by atoms with Crippen LogP contribution in [0.5, 0.6) is 0 Å². The van der Waals surface area contributed by atoms with Crippen molar-refractivity contribution in [3.05, 3.63) is 59.2 Å². The van der Waals surface area contributed by atoms with Gasteiger partial charge in [-0.1, -0.05) is 6.07 Å². The molecule has 0 aromatic carbocycles. The number of nitrogens with one attached hydrogen (secondary N) is 1. The van der Waals surface area contributed by atoms with Crippen molar-refractivity contribution in [2.75, 3.05) is 0 Å². The van der Waals surface area contributed by atoms with Crippen molar-refractivity contribution in [3.63, 3.8) is 0 Å². The van der Waals surface area contributed by atoms with Crippen molar-refractivity contribution in [2.24, 2.45) is 0 Å². The molecule has 2 N–H and O–H groups in total. The van der Waals surface area contributed by atoms with E-state index >= 15 is 0 Å². The fourth-order valence-corrected chi connectivity index (χ4v) is 1.63. The SMILES string of the molecule is Cc1ccncc1CNC(=O)c1cccc(C(=O)O)n1. The Kier molecular flexibility index (Phi) is 4.05. The summed E-state index contributed by atoms with van der Waals surface area (Å²) in [5.74, 6) is -1.58. The first-order valence-electron chi connectivity index (χ1n) is 5.96. The second-order valence-corrected chi connectivity index (χ2v) is 4.20. The van der Waals surface area contributed by atoms with Crippen LogP contribution in [0, 0.1) is 6.92 Å². The second kappa shape index (κ2) is 5.92. The summed E-state index contributed by atoms with van der Waals surface area (Å²) in [7, 11) is 0. The molecule has 6 heteroatoms. The van der Waals surface area contributed by atoms with Crippen LogP contribution in [0.15, 0.2) is 36.7 Å². The fraction of sp³-hybridized carbons (Fsp3) is 0.143. The lowest BCUT2D eigenvalue weighted by molar-refractivity contribution is 0.0690. The minimum atomic E-state index is -1.16. The maximum Gasteiger partial charge on any atom is 0.354 e. The number of nitrogens with zero attached hydrogens (tertiary/aromatic N) is 2. The Labute approximate surface area is 115 Å². The summed E-state index contributed by atoms with van der Waals surface area (Å²) in [6, 6.07) is 6.15. The van der Waals surface area contributed by atoms with Crippen LogP contribution < -0.4 is 5.32 Å². The number of carbonyl (C=O) groups is 2. The van der Waals surface area contributed by atoms with Gasteiger partial charge in [0.05, 0.1) is 0 Å². The summed E-state index contributed by atoms with van der Waals surface area (Å²) in [6.45, 7) is 2.24. The molecule has 0 aliphatic rings. The average molecular weight is 271 g/mol. The maximum absolute atomic E-state index is 11.9. The van der Waals surface area contributed by atoms with E-state index in [2.05, 4.69) is 15.3 Å². The molecular formula is C14H13N3O3. The number of hydrogen-bond acceptors (Lipinski definition) is 4. The summed E-state index contributed by atoms with van der Waals surface area (Å²) >= 11 is 0. The normalized spacial score (nSPS) is 10.1. The van der Waals surface area contributed by atoms with Crippen molar-refractivity contribution in [2.45, 2.75) is 13.5 Å². The van der Waals surface area contributed by atoms with Gasteiger partial charge in [0.1, 0.15) is 11.4 Å². The van der Waals surface area contributed by atoms with E-state index in [0.717, 1.165) is 11.1 Å². The van der Waals surface area contributed by atoms with Gasteiger partial charge in [-0.2, -0.15) is 0 Å². The number of carboxylic acid groups (broad SMARTS) is 1. The molecule has 6 nitrogen and oxygen atoms in total. The Bertz CT molecular complexity index is 656. The summed E-state index contributed by atoms with van der Waals surface area (Å²) < 4.78 is 0. The van der Waals surface area contributed by atoms with Crippen LogP contribution in [0.3, 0.4) is 0 Å². The molecule has 0 radical (unpaired) electrons. The zero-order valence-corrected chi connectivity index (χ0v) is 10.8. The van der Waals surface area contributed by atoms with Gasteiger partial charge in [0.2, 0.25) is 0 Å². The standard InChI is InChI=1S/C14H13N3O3/c1-9-5-6-15-7-10(9)8-16-13(18)11-3-2-4-12(17-11)14(19)20/h2-7H,8H2,1H3,(H,16,18)(H,19,20). The average Bonchev–Trinajstić information content (AvgIpc) is 2.46.